The monoisotopic (exact) mass is 272 g/mol. The molecule has 0 aliphatic heterocycles. The molecule has 2 aromatic rings. The largest absolute Gasteiger partial charge is 0.504 e. The van der Waals surface area contributed by atoms with Gasteiger partial charge in [-0.3, -0.25) is 4.79 Å². The van der Waals surface area contributed by atoms with E-state index in [9.17, 15) is 9.90 Å². The average Bonchev–Trinajstić information content (AvgIpc) is 2.49. The number of carbonyl (C=O) groups excluding carboxylic acids is 1. The van der Waals surface area contributed by atoms with Crippen molar-refractivity contribution in [3.8, 4) is 28.4 Å². The molecule has 0 spiro atoms. The smallest absolute Gasteiger partial charge is 0.169 e. The van der Waals surface area contributed by atoms with Gasteiger partial charge in [0.25, 0.3) is 0 Å². The third-order valence-corrected chi connectivity index (χ3v) is 2.98. The van der Waals surface area contributed by atoms with Gasteiger partial charge in [0.2, 0.25) is 0 Å². The van der Waals surface area contributed by atoms with Crippen LogP contribution in [-0.4, -0.2) is 25.1 Å². The number of benzene rings is 2. The molecule has 2 aromatic carbocycles. The van der Waals surface area contributed by atoms with Gasteiger partial charge in [-0.25, -0.2) is 0 Å². The quantitative estimate of drug-likeness (QED) is 0.849. The van der Waals surface area contributed by atoms with Crippen LogP contribution in [0.2, 0.25) is 0 Å². The summed E-state index contributed by atoms with van der Waals surface area (Å²) < 4.78 is 10.4. The molecule has 0 aromatic heterocycles. The van der Waals surface area contributed by atoms with Crippen molar-refractivity contribution >= 4 is 6.29 Å². The zero-order valence-corrected chi connectivity index (χ0v) is 11.4. The van der Waals surface area contributed by atoms with Crippen molar-refractivity contribution in [3.05, 3.63) is 42.0 Å². The summed E-state index contributed by atoms with van der Waals surface area (Å²) in [6, 6.07) is 10.7. The minimum atomic E-state index is -0.137. The van der Waals surface area contributed by atoms with E-state index in [4.69, 9.17) is 9.47 Å². The first-order valence-corrected chi connectivity index (χ1v) is 6.29. The van der Waals surface area contributed by atoms with Crippen LogP contribution in [0.5, 0.6) is 17.2 Å². The Balaban J connectivity index is 2.56. The molecule has 104 valence electrons. The highest BCUT2D eigenvalue weighted by Gasteiger charge is 2.14. The lowest BCUT2D eigenvalue weighted by atomic mass is 9.99. The highest BCUT2D eigenvalue weighted by atomic mass is 16.5. The molecule has 4 nitrogen and oxygen atoms in total. The molecule has 0 unspecified atom stereocenters. The van der Waals surface area contributed by atoms with Gasteiger partial charge in [0.1, 0.15) is 5.75 Å². The predicted octanol–water partition coefficient (Wildman–Crippen LogP) is 3.28. The van der Waals surface area contributed by atoms with Crippen molar-refractivity contribution in [1.82, 2.24) is 0 Å². The van der Waals surface area contributed by atoms with Crippen LogP contribution in [0.1, 0.15) is 17.3 Å². The normalized spacial score (nSPS) is 10.1. The molecule has 0 saturated carbocycles. The summed E-state index contributed by atoms with van der Waals surface area (Å²) in [7, 11) is 1.58. The van der Waals surface area contributed by atoms with Crippen molar-refractivity contribution in [2.75, 3.05) is 13.7 Å². The van der Waals surface area contributed by atoms with Crippen LogP contribution in [0.3, 0.4) is 0 Å². The molecule has 0 fully saturated rings. The maximum absolute atomic E-state index is 11.3. The van der Waals surface area contributed by atoms with Crippen LogP contribution in [0.15, 0.2) is 36.4 Å². The van der Waals surface area contributed by atoms with Gasteiger partial charge < -0.3 is 14.6 Å². The fraction of sp³-hybridized carbons (Fsp3) is 0.188. The summed E-state index contributed by atoms with van der Waals surface area (Å²) in [6.45, 7) is 2.24. The minimum absolute atomic E-state index is 0.137. The summed E-state index contributed by atoms with van der Waals surface area (Å²) in [5, 5.41) is 10.1. The van der Waals surface area contributed by atoms with E-state index in [1.807, 2.05) is 31.2 Å². The number of aldehydes is 1. The topological polar surface area (TPSA) is 55.8 Å². The molecule has 0 radical (unpaired) electrons. The molecule has 0 aliphatic rings. The van der Waals surface area contributed by atoms with Gasteiger partial charge in [0.15, 0.2) is 17.8 Å². The molecule has 1 N–H and O–H groups in total. The van der Waals surface area contributed by atoms with E-state index in [1.54, 1.807) is 19.2 Å². The first-order valence-electron chi connectivity index (χ1n) is 6.29. The Labute approximate surface area is 117 Å². The summed E-state index contributed by atoms with van der Waals surface area (Å²) in [5.41, 5.74) is 1.65. The van der Waals surface area contributed by atoms with E-state index in [-0.39, 0.29) is 11.3 Å². The van der Waals surface area contributed by atoms with Crippen LogP contribution >= 0.6 is 0 Å². The van der Waals surface area contributed by atoms with Gasteiger partial charge in [-0.05, 0) is 42.3 Å². The lowest BCUT2D eigenvalue weighted by molar-refractivity contribution is 0.112. The minimum Gasteiger partial charge on any atom is -0.504 e. The maximum Gasteiger partial charge on any atom is 0.169 e. The van der Waals surface area contributed by atoms with E-state index < -0.39 is 0 Å². The van der Waals surface area contributed by atoms with E-state index >= 15 is 0 Å². The van der Waals surface area contributed by atoms with Crippen molar-refractivity contribution < 1.29 is 19.4 Å². The summed E-state index contributed by atoms with van der Waals surface area (Å²) in [6.07, 6.45) is 0.632. The molecular weight excluding hydrogens is 256 g/mol. The lowest BCUT2D eigenvalue weighted by Gasteiger charge is -2.12. The fourth-order valence-electron chi connectivity index (χ4n) is 2.02. The van der Waals surface area contributed by atoms with Crippen molar-refractivity contribution in [3.63, 3.8) is 0 Å². The maximum atomic E-state index is 11.3. The zero-order valence-electron chi connectivity index (χ0n) is 11.4. The molecule has 0 aliphatic carbocycles. The Hall–Kier alpha value is -2.49. The SMILES string of the molecule is CCOc1ccc(-c2cccc(OC)c2)c(C=O)c1O. The van der Waals surface area contributed by atoms with Gasteiger partial charge in [-0.2, -0.15) is 0 Å². The second kappa shape index (κ2) is 6.10. The molecule has 0 atom stereocenters. The Kier molecular flexibility index (Phi) is 4.25. The number of aromatic hydroxyl groups is 1. The Bertz CT molecular complexity index is 620. The molecule has 0 amide bonds. The summed E-state index contributed by atoms with van der Waals surface area (Å²) in [5.74, 6) is 0.858. The molecule has 0 heterocycles. The number of phenols is 1. The molecule has 0 bridgehead atoms. The van der Waals surface area contributed by atoms with Gasteiger partial charge in [0.05, 0.1) is 19.3 Å². The number of methoxy groups -OCH3 is 1. The van der Waals surface area contributed by atoms with Crippen molar-refractivity contribution in [2.45, 2.75) is 6.92 Å². The lowest BCUT2D eigenvalue weighted by Crippen LogP contribution is -1.96. The van der Waals surface area contributed by atoms with Crippen LogP contribution < -0.4 is 9.47 Å². The number of rotatable bonds is 5. The third-order valence-electron chi connectivity index (χ3n) is 2.98. The molecule has 20 heavy (non-hydrogen) atoms. The number of hydrogen-bond donors (Lipinski definition) is 1. The Morgan fingerprint density at radius 2 is 2.05 bits per heavy atom. The van der Waals surface area contributed by atoms with Crippen LogP contribution in [-0.2, 0) is 0 Å². The van der Waals surface area contributed by atoms with Gasteiger partial charge in [-0.1, -0.05) is 12.1 Å². The third kappa shape index (κ3) is 2.59. The first-order chi connectivity index (χ1) is 9.71. The van der Waals surface area contributed by atoms with Crippen molar-refractivity contribution in [2.24, 2.45) is 0 Å². The highest BCUT2D eigenvalue weighted by molar-refractivity contribution is 5.92. The van der Waals surface area contributed by atoms with Gasteiger partial charge in [0, 0.05) is 0 Å². The van der Waals surface area contributed by atoms with Crippen LogP contribution in [0.25, 0.3) is 11.1 Å². The molecule has 4 heteroatoms. The standard InChI is InChI=1S/C16H16O4/c1-3-20-15-8-7-13(14(10-17)16(15)18)11-5-4-6-12(9-11)19-2/h4-10,18H,3H2,1-2H3. The summed E-state index contributed by atoms with van der Waals surface area (Å²) in [4.78, 5) is 11.3. The molecular formula is C16H16O4. The van der Waals surface area contributed by atoms with E-state index in [0.29, 0.717) is 30.0 Å². The highest BCUT2D eigenvalue weighted by Crippen LogP contribution is 2.37. The van der Waals surface area contributed by atoms with Gasteiger partial charge in [-0.15, -0.1) is 0 Å². The Morgan fingerprint density at radius 3 is 2.70 bits per heavy atom. The van der Waals surface area contributed by atoms with Gasteiger partial charge >= 0.3 is 0 Å². The van der Waals surface area contributed by atoms with E-state index in [2.05, 4.69) is 0 Å². The first kappa shape index (κ1) is 13.9. The number of carbonyl (C=O) groups is 1. The van der Waals surface area contributed by atoms with Crippen LogP contribution in [0.4, 0.5) is 0 Å². The fourth-order valence-corrected chi connectivity index (χ4v) is 2.02. The predicted molar refractivity (Wildman–Crippen MR) is 76.7 cm³/mol. The second-order valence-electron chi connectivity index (χ2n) is 4.16. The second-order valence-corrected chi connectivity index (χ2v) is 4.16. The summed E-state index contributed by atoms with van der Waals surface area (Å²) >= 11 is 0. The number of ether oxygens (including phenoxy) is 2. The molecule has 2 rings (SSSR count). The van der Waals surface area contributed by atoms with E-state index in [1.165, 1.54) is 0 Å². The Morgan fingerprint density at radius 1 is 1.25 bits per heavy atom. The average molecular weight is 272 g/mol. The zero-order chi connectivity index (χ0) is 14.5. The number of phenolic OH excluding ortho intramolecular Hbond substituents is 1. The van der Waals surface area contributed by atoms with Crippen LogP contribution in [0, 0.1) is 0 Å². The number of hydrogen-bond acceptors (Lipinski definition) is 4. The van der Waals surface area contributed by atoms with E-state index in [0.717, 1.165) is 5.56 Å². The molecule has 0 saturated heterocycles. The van der Waals surface area contributed by atoms with Crippen molar-refractivity contribution in [1.29, 1.82) is 0 Å².